The van der Waals surface area contributed by atoms with Crippen molar-refractivity contribution in [1.29, 1.82) is 0 Å². The Labute approximate surface area is 113 Å². The minimum absolute atomic E-state index is 1.04. The number of fused-ring (bicyclic) bond motifs is 2. The minimum Gasteiger partial charge on any atom is -0.264 e. The summed E-state index contributed by atoms with van der Waals surface area (Å²) in [5, 5.41) is 3.09. The maximum atomic E-state index is 8.86. The zero-order chi connectivity index (χ0) is 12.4. The van der Waals surface area contributed by atoms with Gasteiger partial charge in [-0.3, -0.25) is 3.07 Å². The van der Waals surface area contributed by atoms with E-state index in [1.165, 1.54) is 18.3 Å². The second kappa shape index (κ2) is 5.00. The molecule has 90 valence electrons. The number of hydrogen-bond acceptors (Lipinski definition) is 1. The summed E-state index contributed by atoms with van der Waals surface area (Å²) in [5.41, 5.74) is 11.6. The molecule has 4 heteroatoms. The second-order valence-electron chi connectivity index (χ2n) is 4.11. The van der Waals surface area contributed by atoms with E-state index >= 15 is 0 Å². The van der Waals surface area contributed by atoms with Crippen molar-refractivity contribution in [3.05, 3.63) is 75.4 Å². The molecule has 0 aliphatic carbocycles. The van der Waals surface area contributed by atoms with Crippen LogP contribution in [0.5, 0.6) is 0 Å². The molecule has 3 rings (SSSR count). The molecule has 18 heavy (non-hydrogen) atoms. The third kappa shape index (κ3) is 1.98. The van der Waals surface area contributed by atoms with Gasteiger partial charge >= 0.3 is 0 Å². The molecule has 0 unspecified atom stereocenters. The average Bonchev–Trinajstić information content (AvgIpc) is 2.58. The molecule has 0 N–H and O–H groups in total. The molecule has 2 aromatic carbocycles. The lowest BCUT2D eigenvalue weighted by atomic mass is 10.0. The largest absolute Gasteiger partial charge is 0.264 e. The van der Waals surface area contributed by atoms with Crippen LogP contribution < -0.4 is 0 Å². The number of aryl methyl sites for hydroxylation is 2. The minimum atomic E-state index is -1.96. The van der Waals surface area contributed by atoms with Gasteiger partial charge in [0, 0.05) is 17.9 Å². The molecule has 0 saturated heterocycles. The van der Waals surface area contributed by atoms with Crippen molar-refractivity contribution < 1.29 is 0 Å². The van der Waals surface area contributed by atoms with Gasteiger partial charge in [0.1, 0.15) is 0 Å². The number of rotatable bonds is 0. The average molecular weight is 349 g/mol. The molecule has 0 spiro atoms. The first-order chi connectivity index (χ1) is 8.90. The Morgan fingerprint density at radius 1 is 0.889 bits per heavy atom. The molecule has 2 aromatic rings. The molecule has 1 aliphatic rings. The number of halogens is 1. The highest BCUT2D eigenvalue weighted by Gasteiger charge is 2.17. The van der Waals surface area contributed by atoms with Crippen molar-refractivity contribution in [1.82, 2.24) is 0 Å². The quantitative estimate of drug-likeness (QED) is 0.380. The van der Waals surface area contributed by atoms with Gasteiger partial charge in [0.25, 0.3) is 0 Å². The Balaban J connectivity index is 2.32. The van der Waals surface area contributed by atoms with Crippen LogP contribution in [0, 0.1) is 7.14 Å². The summed E-state index contributed by atoms with van der Waals surface area (Å²) < 4.78 is 6.76. The van der Waals surface area contributed by atoms with Gasteiger partial charge in [-0.05, 0) is 36.1 Å². The van der Waals surface area contributed by atoms with E-state index in [0.717, 1.165) is 12.8 Å². The number of benzene rings is 2. The highest BCUT2D eigenvalue weighted by molar-refractivity contribution is 14.2. The topological polar surface area (TPSA) is 39.0 Å². The predicted molar refractivity (Wildman–Crippen MR) is 80.9 cm³/mol. The zero-order valence-electron chi connectivity index (χ0n) is 9.75. The number of hydrogen-bond donors (Lipinski definition) is 0. The Morgan fingerprint density at radius 3 is 1.89 bits per heavy atom. The summed E-state index contributed by atoms with van der Waals surface area (Å²) in [5.74, 6) is 0. The summed E-state index contributed by atoms with van der Waals surface area (Å²) in [6.07, 6.45) is 2.09. The Kier molecular flexibility index (Phi) is 3.21. The third-order valence-electron chi connectivity index (χ3n) is 3.07. The monoisotopic (exact) mass is 349 g/mol. The Hall–Kier alpha value is -1.52. The van der Waals surface area contributed by atoms with Crippen LogP contribution in [-0.4, -0.2) is 0 Å². The van der Waals surface area contributed by atoms with Gasteiger partial charge in [-0.15, -0.1) is 0 Å². The Morgan fingerprint density at radius 2 is 1.39 bits per heavy atom. The fourth-order valence-electron chi connectivity index (χ4n) is 2.25. The van der Waals surface area contributed by atoms with Crippen LogP contribution in [0.25, 0.3) is 8.60 Å². The molecular formula is C14H12IN3. The van der Waals surface area contributed by atoms with Crippen molar-refractivity contribution in [2.24, 2.45) is 5.22 Å². The van der Waals surface area contributed by atoms with E-state index in [9.17, 15) is 0 Å². The van der Waals surface area contributed by atoms with Gasteiger partial charge in [0.05, 0.1) is 19.5 Å². The van der Waals surface area contributed by atoms with Gasteiger partial charge in [0.15, 0.2) is 0 Å². The smallest absolute Gasteiger partial charge is 0.0803 e. The van der Waals surface area contributed by atoms with Crippen molar-refractivity contribution in [3.63, 3.8) is 0 Å². The van der Waals surface area contributed by atoms with Crippen LogP contribution >= 0.6 is 19.5 Å². The molecule has 1 aliphatic heterocycles. The predicted octanol–water partition coefficient (Wildman–Crippen LogP) is 4.56. The molecule has 1 heterocycles. The van der Waals surface area contributed by atoms with E-state index in [1.54, 1.807) is 0 Å². The van der Waals surface area contributed by atoms with E-state index in [4.69, 9.17) is 5.53 Å². The van der Waals surface area contributed by atoms with Crippen LogP contribution in [0.1, 0.15) is 11.1 Å². The first-order valence-corrected chi connectivity index (χ1v) is 8.93. The van der Waals surface area contributed by atoms with Crippen molar-refractivity contribution >= 4 is 19.5 Å². The van der Waals surface area contributed by atoms with E-state index in [2.05, 4.69) is 44.7 Å². The molecule has 0 bridgehead atoms. The maximum absolute atomic E-state index is 8.86. The third-order valence-corrected chi connectivity index (χ3v) is 8.01. The summed E-state index contributed by atoms with van der Waals surface area (Å²) in [4.78, 5) is 0. The van der Waals surface area contributed by atoms with Gasteiger partial charge in [0.2, 0.25) is 0 Å². The molecular weight excluding hydrogens is 337 g/mol. The lowest BCUT2D eigenvalue weighted by Crippen LogP contribution is -1.91. The summed E-state index contributed by atoms with van der Waals surface area (Å²) in [7, 11) is 0. The second-order valence-corrected chi connectivity index (χ2v) is 8.37. The lowest BCUT2D eigenvalue weighted by molar-refractivity contribution is 0.951. The molecule has 0 fully saturated rings. The Bertz CT molecular complexity index is 643. The lowest BCUT2D eigenvalue weighted by Gasteiger charge is -2.05. The van der Waals surface area contributed by atoms with Crippen molar-refractivity contribution in [2.45, 2.75) is 12.8 Å². The first kappa shape index (κ1) is 11.6. The fourth-order valence-corrected chi connectivity index (χ4v) is 6.84. The highest BCUT2D eigenvalue weighted by atomic mass is 127. The molecule has 0 atom stereocenters. The van der Waals surface area contributed by atoms with Gasteiger partial charge in [-0.25, -0.2) is 0 Å². The SMILES string of the molecule is [N-]=N[N+]#I1c2ccccc2CCc2ccccc21. The fraction of sp³-hybridized carbons (Fsp3) is 0.143. The van der Waals surface area contributed by atoms with Crippen molar-refractivity contribution in [2.75, 3.05) is 0 Å². The first-order valence-electron chi connectivity index (χ1n) is 5.81. The molecule has 3 nitrogen and oxygen atoms in total. The van der Waals surface area contributed by atoms with E-state index < -0.39 is 19.5 Å². The molecule has 0 amide bonds. The van der Waals surface area contributed by atoms with Crippen LogP contribution in [0.4, 0.5) is 0 Å². The maximum Gasteiger partial charge on any atom is 0.0803 e. The normalized spacial score (nSPS) is 14.0. The van der Waals surface area contributed by atoms with Crippen LogP contribution in [0.2, 0.25) is 0 Å². The van der Waals surface area contributed by atoms with Crippen molar-refractivity contribution in [3.8, 4) is 0 Å². The standard InChI is InChI=1S/C14H12IN3/c16-18-17-15-13-7-3-1-5-11(13)9-10-12-6-2-4-8-14(12)15/h1-8H,9-10H2. The zero-order valence-corrected chi connectivity index (χ0v) is 11.9. The van der Waals surface area contributed by atoms with Gasteiger partial charge in [-0.1, -0.05) is 36.4 Å². The highest BCUT2D eigenvalue weighted by Crippen LogP contribution is 2.43. The van der Waals surface area contributed by atoms with Crippen LogP contribution in [-0.2, 0) is 12.8 Å². The van der Waals surface area contributed by atoms with E-state index in [1.807, 2.05) is 12.1 Å². The van der Waals surface area contributed by atoms with Gasteiger partial charge < -0.3 is 0 Å². The van der Waals surface area contributed by atoms with Crippen LogP contribution in [0.3, 0.4) is 0 Å². The summed E-state index contributed by atoms with van der Waals surface area (Å²) in [6, 6.07) is 16.8. The molecule has 0 saturated carbocycles. The summed E-state index contributed by atoms with van der Waals surface area (Å²) >= 11 is -1.96. The van der Waals surface area contributed by atoms with Gasteiger partial charge in [-0.2, -0.15) is 0 Å². The molecule has 0 aromatic heterocycles. The molecule has 0 radical (unpaired) electrons. The number of nitrogens with zero attached hydrogens (tertiary/aromatic N) is 3. The van der Waals surface area contributed by atoms with E-state index in [-0.39, 0.29) is 0 Å². The van der Waals surface area contributed by atoms with E-state index in [0.29, 0.717) is 0 Å². The van der Waals surface area contributed by atoms with Crippen LogP contribution in [0.15, 0.2) is 53.8 Å². The summed E-state index contributed by atoms with van der Waals surface area (Å²) in [6.45, 7) is 0.